The Kier molecular flexibility index (Phi) is 4.07. The first-order valence-corrected chi connectivity index (χ1v) is 9.21. The summed E-state index contributed by atoms with van der Waals surface area (Å²) in [4.78, 5) is 33.7. The lowest BCUT2D eigenvalue weighted by atomic mass is 10.0. The highest BCUT2D eigenvalue weighted by atomic mass is 19.4. The van der Waals surface area contributed by atoms with Crippen molar-refractivity contribution in [3.63, 3.8) is 0 Å². The van der Waals surface area contributed by atoms with Crippen molar-refractivity contribution >= 4 is 21.9 Å². The van der Waals surface area contributed by atoms with Gasteiger partial charge in [-0.15, -0.1) is 0 Å². The van der Waals surface area contributed by atoms with Gasteiger partial charge >= 0.3 is 11.9 Å². The normalized spacial score (nSPS) is 12.0. The van der Waals surface area contributed by atoms with Crippen LogP contribution in [0.15, 0.2) is 76.6 Å². The molecule has 0 fully saturated rings. The van der Waals surface area contributed by atoms with Crippen LogP contribution in [0.2, 0.25) is 0 Å². The fourth-order valence-corrected chi connectivity index (χ4v) is 3.62. The maximum Gasteiger partial charge on any atom is 0.416 e. The smallest absolute Gasteiger partial charge is 0.328 e. The molecule has 3 heterocycles. The molecule has 0 aliphatic heterocycles. The van der Waals surface area contributed by atoms with E-state index in [0.29, 0.717) is 21.9 Å². The van der Waals surface area contributed by atoms with Gasteiger partial charge in [0.25, 0.3) is 0 Å². The third kappa shape index (κ3) is 3.20. The van der Waals surface area contributed by atoms with Gasteiger partial charge in [-0.1, -0.05) is 12.1 Å². The van der Waals surface area contributed by atoms with E-state index >= 15 is 0 Å². The zero-order valence-corrected chi connectivity index (χ0v) is 15.7. The summed E-state index contributed by atoms with van der Waals surface area (Å²) in [5, 5.41) is 0.581. The van der Waals surface area contributed by atoms with Gasteiger partial charge in [-0.05, 0) is 47.5 Å². The maximum atomic E-state index is 13.2. The van der Waals surface area contributed by atoms with Crippen LogP contribution in [-0.4, -0.2) is 19.5 Å². The van der Waals surface area contributed by atoms with Crippen molar-refractivity contribution in [2.75, 3.05) is 0 Å². The van der Waals surface area contributed by atoms with E-state index in [1.807, 2.05) is 6.07 Å². The largest absolute Gasteiger partial charge is 0.416 e. The molecule has 0 unspecified atom stereocenters. The van der Waals surface area contributed by atoms with Gasteiger partial charge in [-0.2, -0.15) is 13.2 Å². The van der Waals surface area contributed by atoms with Gasteiger partial charge in [-0.3, -0.25) is 14.3 Å². The number of rotatable bonds is 2. The molecule has 2 N–H and O–H groups in total. The molecule has 0 saturated heterocycles. The van der Waals surface area contributed by atoms with Crippen LogP contribution in [-0.2, 0) is 6.18 Å². The van der Waals surface area contributed by atoms with Gasteiger partial charge in [0.2, 0.25) is 5.56 Å². The first-order chi connectivity index (χ1) is 14.8. The number of alkyl halides is 3. The first-order valence-electron chi connectivity index (χ1n) is 9.21. The highest BCUT2D eigenvalue weighted by Gasteiger charge is 2.30. The fourth-order valence-electron chi connectivity index (χ4n) is 3.62. The molecule has 3 aromatic heterocycles. The second-order valence-corrected chi connectivity index (χ2v) is 7.01. The Morgan fingerprint density at radius 3 is 2.48 bits per heavy atom. The van der Waals surface area contributed by atoms with Gasteiger partial charge < -0.3 is 9.97 Å². The third-order valence-corrected chi connectivity index (χ3v) is 5.06. The summed E-state index contributed by atoms with van der Waals surface area (Å²) in [5.41, 5.74) is 1.31. The zero-order valence-electron chi connectivity index (χ0n) is 15.7. The summed E-state index contributed by atoms with van der Waals surface area (Å²) in [7, 11) is 0. The molecule has 0 amide bonds. The van der Waals surface area contributed by atoms with E-state index in [1.165, 1.54) is 29.0 Å². The average molecular weight is 422 g/mol. The number of nitrogens with zero attached hydrogens (tertiary/aromatic N) is 2. The Hall–Kier alpha value is -4.14. The monoisotopic (exact) mass is 422 g/mol. The van der Waals surface area contributed by atoms with Crippen molar-refractivity contribution in [1.29, 1.82) is 0 Å². The number of imidazole rings is 1. The van der Waals surface area contributed by atoms with Crippen LogP contribution >= 0.6 is 0 Å². The zero-order chi connectivity index (χ0) is 21.8. The summed E-state index contributed by atoms with van der Waals surface area (Å²) >= 11 is 0. The Balaban J connectivity index is 1.81. The molecule has 5 rings (SSSR count). The van der Waals surface area contributed by atoms with Crippen LogP contribution in [0, 0.1) is 0 Å². The van der Waals surface area contributed by atoms with E-state index in [9.17, 15) is 22.8 Å². The predicted octanol–water partition coefficient (Wildman–Crippen LogP) is 4.24. The van der Waals surface area contributed by atoms with E-state index in [4.69, 9.17) is 0 Å². The fraction of sp³-hybridized carbons (Fsp3) is 0.0455. The summed E-state index contributed by atoms with van der Waals surface area (Å²) in [6, 6.07) is 13.0. The molecule has 6 nitrogen and oxygen atoms in total. The highest BCUT2D eigenvalue weighted by molar-refractivity contribution is 6.04. The Labute approximate surface area is 171 Å². The number of hydrogen-bond acceptors (Lipinski definition) is 3. The van der Waals surface area contributed by atoms with Gasteiger partial charge in [0.15, 0.2) is 0 Å². The topological polar surface area (TPSA) is 83.5 Å². The van der Waals surface area contributed by atoms with Gasteiger partial charge in [0.05, 0.1) is 34.0 Å². The number of nitrogens with one attached hydrogen (secondary N) is 2. The Bertz CT molecular complexity index is 1560. The van der Waals surface area contributed by atoms with E-state index < -0.39 is 17.4 Å². The van der Waals surface area contributed by atoms with Crippen LogP contribution in [0.3, 0.4) is 0 Å². The molecule has 31 heavy (non-hydrogen) atoms. The second kappa shape index (κ2) is 6.69. The highest BCUT2D eigenvalue weighted by Crippen LogP contribution is 2.32. The number of pyridine rings is 2. The molecule has 0 bridgehead atoms. The minimum absolute atomic E-state index is 0.0908. The van der Waals surface area contributed by atoms with Gasteiger partial charge in [-0.25, -0.2) is 4.79 Å². The van der Waals surface area contributed by atoms with Crippen LogP contribution < -0.4 is 11.2 Å². The van der Waals surface area contributed by atoms with E-state index in [-0.39, 0.29) is 11.2 Å². The molecule has 5 aromatic rings. The molecule has 0 radical (unpaired) electrons. The van der Waals surface area contributed by atoms with Crippen LogP contribution in [0.25, 0.3) is 38.8 Å². The van der Waals surface area contributed by atoms with Crippen molar-refractivity contribution in [2.24, 2.45) is 0 Å². The number of aromatic amines is 2. The first kappa shape index (κ1) is 18.9. The van der Waals surface area contributed by atoms with E-state index in [2.05, 4.69) is 15.0 Å². The molecule has 0 aliphatic carbocycles. The van der Waals surface area contributed by atoms with E-state index in [1.54, 1.807) is 24.4 Å². The standard InChI is InChI=1S/C22H13F3N4O2/c23-22(24,25)14-2-1-3-15(9-14)29-20-16-8-12(13-5-7-19(30)27-10-13)4-6-17(16)26-11-18(20)28-21(29)31/h1-11H,(H,27,30)(H,28,31). The van der Waals surface area contributed by atoms with Crippen molar-refractivity contribution in [3.05, 3.63) is 93.4 Å². The average Bonchev–Trinajstić information content (AvgIpc) is 3.10. The maximum absolute atomic E-state index is 13.2. The minimum atomic E-state index is -4.53. The number of H-pyrrole nitrogens is 2. The lowest BCUT2D eigenvalue weighted by Crippen LogP contribution is -2.15. The lowest BCUT2D eigenvalue weighted by Gasteiger charge is -2.11. The SMILES string of the molecule is O=c1ccc(-c2ccc3ncc4[nH]c(=O)n(-c5cccc(C(F)(F)F)c5)c4c3c2)c[nH]1. The Morgan fingerprint density at radius 2 is 1.74 bits per heavy atom. The summed E-state index contributed by atoms with van der Waals surface area (Å²) < 4.78 is 40.9. The number of halogens is 3. The van der Waals surface area contributed by atoms with Crippen molar-refractivity contribution in [3.8, 4) is 16.8 Å². The van der Waals surface area contributed by atoms with Gasteiger partial charge in [0.1, 0.15) is 0 Å². The van der Waals surface area contributed by atoms with Crippen molar-refractivity contribution in [1.82, 2.24) is 19.5 Å². The van der Waals surface area contributed by atoms with Crippen molar-refractivity contribution in [2.45, 2.75) is 6.18 Å². The van der Waals surface area contributed by atoms with Crippen LogP contribution in [0.5, 0.6) is 0 Å². The molecule has 0 aliphatic rings. The van der Waals surface area contributed by atoms with Crippen LogP contribution in [0.4, 0.5) is 13.2 Å². The molecule has 0 atom stereocenters. The summed E-state index contributed by atoms with van der Waals surface area (Å²) in [6.07, 6.45) is -1.50. The molecular formula is C22H13F3N4O2. The van der Waals surface area contributed by atoms with Crippen molar-refractivity contribution < 1.29 is 13.2 Å². The molecule has 2 aromatic carbocycles. The summed E-state index contributed by atoms with van der Waals surface area (Å²) in [6.45, 7) is 0. The predicted molar refractivity (Wildman–Crippen MR) is 110 cm³/mol. The number of fused-ring (bicyclic) bond motifs is 3. The molecule has 154 valence electrons. The Morgan fingerprint density at radius 1 is 0.935 bits per heavy atom. The molecule has 9 heteroatoms. The number of benzene rings is 2. The quantitative estimate of drug-likeness (QED) is 0.446. The summed E-state index contributed by atoms with van der Waals surface area (Å²) in [5.74, 6) is 0. The minimum Gasteiger partial charge on any atom is -0.328 e. The number of hydrogen-bond donors (Lipinski definition) is 2. The third-order valence-electron chi connectivity index (χ3n) is 5.06. The number of aromatic nitrogens is 4. The molecule has 0 spiro atoms. The lowest BCUT2D eigenvalue weighted by molar-refractivity contribution is -0.137. The van der Waals surface area contributed by atoms with Gasteiger partial charge in [0, 0.05) is 17.6 Å². The molecule has 0 saturated carbocycles. The van der Waals surface area contributed by atoms with E-state index in [0.717, 1.165) is 23.3 Å². The molecular weight excluding hydrogens is 409 g/mol. The van der Waals surface area contributed by atoms with Crippen LogP contribution in [0.1, 0.15) is 5.56 Å². The second-order valence-electron chi connectivity index (χ2n) is 7.01.